The van der Waals surface area contributed by atoms with E-state index < -0.39 is 24.9 Å². The van der Waals surface area contributed by atoms with Crippen molar-refractivity contribution < 1.29 is 18.7 Å². The Morgan fingerprint density at radius 2 is 2.19 bits per heavy atom. The highest BCUT2D eigenvalue weighted by Gasteiger charge is 2.22. The molecule has 0 aromatic heterocycles. The molecule has 0 saturated carbocycles. The zero-order valence-electron chi connectivity index (χ0n) is 9.23. The third kappa shape index (κ3) is 6.24. The summed E-state index contributed by atoms with van der Waals surface area (Å²) < 4.78 is 24.3. The van der Waals surface area contributed by atoms with Crippen molar-refractivity contribution in [2.24, 2.45) is 5.73 Å². The molecule has 3 N–H and O–H groups in total. The average molecular weight is 256 g/mol. The summed E-state index contributed by atoms with van der Waals surface area (Å²) in [4.78, 5) is 12.5. The molecule has 0 aromatic rings. The minimum atomic E-state index is -2.61. The van der Waals surface area contributed by atoms with Crippen LogP contribution in [0.5, 0.6) is 0 Å². The molecule has 16 heavy (non-hydrogen) atoms. The Morgan fingerprint density at radius 1 is 1.56 bits per heavy atom. The number of alkyl halides is 2. The maximum atomic E-state index is 12.2. The highest BCUT2D eigenvalue weighted by atomic mass is 32.2. The van der Waals surface area contributed by atoms with Crippen LogP contribution in [-0.2, 0) is 4.79 Å². The van der Waals surface area contributed by atoms with Crippen molar-refractivity contribution >= 4 is 17.7 Å². The fourth-order valence-corrected chi connectivity index (χ4v) is 1.67. The summed E-state index contributed by atoms with van der Waals surface area (Å²) in [5, 5.41) is 8.67. The fourth-order valence-electron chi connectivity index (χ4n) is 1.18. The summed E-state index contributed by atoms with van der Waals surface area (Å²) in [7, 11) is 0. The van der Waals surface area contributed by atoms with E-state index in [2.05, 4.69) is 0 Å². The lowest BCUT2D eigenvalue weighted by molar-refractivity contribution is -0.135. The molecule has 4 nitrogen and oxygen atoms in total. The normalized spacial score (nSPS) is 12.9. The van der Waals surface area contributed by atoms with Crippen LogP contribution in [0.15, 0.2) is 0 Å². The van der Waals surface area contributed by atoms with Gasteiger partial charge in [0.05, 0.1) is 19.2 Å². The maximum Gasteiger partial charge on any atom is 0.255 e. The number of halogens is 2. The van der Waals surface area contributed by atoms with Gasteiger partial charge in [-0.25, -0.2) is 8.78 Å². The topological polar surface area (TPSA) is 66.6 Å². The van der Waals surface area contributed by atoms with Crippen molar-refractivity contribution in [2.75, 3.05) is 31.7 Å². The van der Waals surface area contributed by atoms with E-state index in [4.69, 9.17) is 10.8 Å². The van der Waals surface area contributed by atoms with Crippen LogP contribution < -0.4 is 5.73 Å². The van der Waals surface area contributed by atoms with E-state index in [1.165, 1.54) is 11.8 Å². The number of amides is 1. The van der Waals surface area contributed by atoms with Crippen LogP contribution >= 0.6 is 11.8 Å². The number of aliphatic hydroxyl groups is 1. The van der Waals surface area contributed by atoms with E-state index in [1.54, 1.807) is 0 Å². The van der Waals surface area contributed by atoms with Gasteiger partial charge in [-0.05, 0) is 18.4 Å². The van der Waals surface area contributed by atoms with Crippen molar-refractivity contribution in [3.8, 4) is 0 Å². The standard InChI is InChI=1S/C9H18F2N2O2S/c1-16-5-2-7(12)9(15)13(3-4-14)6-8(10)11/h7-8,14H,2-6,12H2,1H3/t7-/m1/s1. The van der Waals surface area contributed by atoms with Gasteiger partial charge < -0.3 is 15.7 Å². The van der Waals surface area contributed by atoms with E-state index in [1.807, 2.05) is 6.26 Å². The van der Waals surface area contributed by atoms with Crippen LogP contribution in [0.3, 0.4) is 0 Å². The van der Waals surface area contributed by atoms with Crippen molar-refractivity contribution in [3.05, 3.63) is 0 Å². The number of aliphatic hydroxyl groups excluding tert-OH is 1. The number of carbonyl (C=O) groups is 1. The van der Waals surface area contributed by atoms with Crippen molar-refractivity contribution in [1.29, 1.82) is 0 Å². The molecular formula is C9H18F2N2O2S. The van der Waals surface area contributed by atoms with E-state index in [0.717, 1.165) is 4.90 Å². The summed E-state index contributed by atoms with van der Waals surface area (Å²) in [6.07, 6.45) is -0.282. The molecule has 1 amide bonds. The predicted molar refractivity (Wildman–Crippen MR) is 60.6 cm³/mol. The van der Waals surface area contributed by atoms with Crippen LogP contribution in [0.1, 0.15) is 6.42 Å². The highest BCUT2D eigenvalue weighted by molar-refractivity contribution is 7.98. The SMILES string of the molecule is CSCC[C@@H](N)C(=O)N(CCO)CC(F)F. The van der Waals surface area contributed by atoms with Crippen molar-refractivity contribution in [1.82, 2.24) is 4.90 Å². The lowest BCUT2D eigenvalue weighted by atomic mass is 10.2. The summed E-state index contributed by atoms with van der Waals surface area (Å²) >= 11 is 1.54. The van der Waals surface area contributed by atoms with E-state index in [-0.39, 0.29) is 13.2 Å². The van der Waals surface area contributed by atoms with Gasteiger partial charge in [0.15, 0.2) is 0 Å². The Bertz CT molecular complexity index is 208. The molecule has 1 atom stereocenters. The molecule has 0 aliphatic heterocycles. The molecule has 0 fully saturated rings. The number of thioether (sulfide) groups is 1. The quantitative estimate of drug-likeness (QED) is 0.649. The number of nitrogens with two attached hydrogens (primary N) is 1. The Balaban J connectivity index is 4.23. The Kier molecular flexibility index (Phi) is 8.50. The fraction of sp³-hybridized carbons (Fsp3) is 0.889. The second kappa shape index (κ2) is 8.72. The summed E-state index contributed by atoms with van der Waals surface area (Å²) in [5.41, 5.74) is 5.58. The largest absolute Gasteiger partial charge is 0.395 e. The number of rotatable bonds is 8. The summed E-state index contributed by atoms with van der Waals surface area (Å²) in [5.74, 6) is 0.178. The Labute approximate surface area is 98.2 Å². The number of hydrogen-bond acceptors (Lipinski definition) is 4. The first kappa shape index (κ1) is 15.6. The van der Waals surface area contributed by atoms with Gasteiger partial charge in [-0.15, -0.1) is 0 Å². The second-order valence-corrected chi connectivity index (χ2v) is 4.27. The van der Waals surface area contributed by atoms with E-state index in [0.29, 0.717) is 12.2 Å². The molecular weight excluding hydrogens is 238 g/mol. The molecule has 0 heterocycles. The molecule has 0 aliphatic carbocycles. The van der Waals surface area contributed by atoms with Gasteiger partial charge in [0, 0.05) is 6.54 Å². The van der Waals surface area contributed by atoms with Crippen LogP contribution in [0, 0.1) is 0 Å². The van der Waals surface area contributed by atoms with Gasteiger partial charge in [0.2, 0.25) is 5.91 Å². The number of nitrogens with zero attached hydrogens (tertiary/aromatic N) is 1. The van der Waals surface area contributed by atoms with Crippen LogP contribution in [0.25, 0.3) is 0 Å². The van der Waals surface area contributed by atoms with Gasteiger partial charge >= 0.3 is 0 Å². The highest BCUT2D eigenvalue weighted by Crippen LogP contribution is 2.05. The second-order valence-electron chi connectivity index (χ2n) is 3.29. The van der Waals surface area contributed by atoms with Crippen LogP contribution in [0.2, 0.25) is 0 Å². The van der Waals surface area contributed by atoms with Crippen LogP contribution in [-0.4, -0.2) is 60.1 Å². The zero-order valence-corrected chi connectivity index (χ0v) is 10.1. The molecule has 0 bridgehead atoms. The molecule has 0 rings (SSSR count). The van der Waals surface area contributed by atoms with E-state index >= 15 is 0 Å². The number of carbonyl (C=O) groups excluding carboxylic acids is 1. The minimum Gasteiger partial charge on any atom is -0.395 e. The molecule has 0 saturated heterocycles. The Morgan fingerprint density at radius 3 is 2.62 bits per heavy atom. The summed E-state index contributed by atoms with van der Waals surface area (Å²) in [6.45, 7) is -1.11. The molecule has 0 aromatic carbocycles. The molecule has 0 aliphatic rings. The van der Waals surface area contributed by atoms with E-state index in [9.17, 15) is 13.6 Å². The van der Waals surface area contributed by atoms with Gasteiger partial charge in [-0.2, -0.15) is 11.8 Å². The average Bonchev–Trinajstić information content (AvgIpc) is 2.23. The van der Waals surface area contributed by atoms with Gasteiger partial charge in [0.1, 0.15) is 0 Å². The van der Waals surface area contributed by atoms with Crippen molar-refractivity contribution in [2.45, 2.75) is 18.9 Å². The number of hydrogen-bond donors (Lipinski definition) is 2. The monoisotopic (exact) mass is 256 g/mol. The smallest absolute Gasteiger partial charge is 0.255 e. The Hall–Kier alpha value is -0.400. The van der Waals surface area contributed by atoms with Gasteiger partial charge in [0.25, 0.3) is 6.43 Å². The van der Waals surface area contributed by atoms with Gasteiger partial charge in [-0.3, -0.25) is 4.79 Å². The zero-order chi connectivity index (χ0) is 12.6. The summed E-state index contributed by atoms with van der Waals surface area (Å²) in [6, 6.07) is -0.766. The first-order valence-electron chi connectivity index (χ1n) is 4.95. The lowest BCUT2D eigenvalue weighted by Crippen LogP contribution is -2.47. The van der Waals surface area contributed by atoms with Crippen LogP contribution in [0.4, 0.5) is 8.78 Å². The molecule has 0 unspecified atom stereocenters. The minimum absolute atomic E-state index is 0.101. The third-order valence-electron chi connectivity index (χ3n) is 1.99. The first-order chi connectivity index (χ1) is 7.52. The molecule has 0 spiro atoms. The third-order valence-corrected chi connectivity index (χ3v) is 2.63. The first-order valence-corrected chi connectivity index (χ1v) is 6.34. The molecule has 96 valence electrons. The molecule has 0 radical (unpaired) electrons. The molecule has 7 heteroatoms. The van der Waals surface area contributed by atoms with Gasteiger partial charge in [-0.1, -0.05) is 0 Å². The maximum absolute atomic E-state index is 12.2. The lowest BCUT2D eigenvalue weighted by Gasteiger charge is -2.24. The predicted octanol–water partition coefficient (Wildman–Crippen LogP) is 0.153. The van der Waals surface area contributed by atoms with Crippen molar-refractivity contribution in [3.63, 3.8) is 0 Å².